The smallest absolute Gasteiger partial charge is 0.410 e. The molecule has 0 aliphatic carbocycles. The van der Waals surface area contributed by atoms with Crippen molar-refractivity contribution in [3.63, 3.8) is 0 Å². The van der Waals surface area contributed by atoms with Crippen molar-refractivity contribution in [2.24, 2.45) is 11.8 Å². The van der Waals surface area contributed by atoms with E-state index in [4.69, 9.17) is 9.47 Å². The molecule has 0 saturated carbocycles. The molecule has 0 spiro atoms. The summed E-state index contributed by atoms with van der Waals surface area (Å²) in [7, 11) is 1.37. The van der Waals surface area contributed by atoms with E-state index < -0.39 is 5.60 Å². The van der Waals surface area contributed by atoms with Gasteiger partial charge in [-0.2, -0.15) is 0 Å². The maximum absolute atomic E-state index is 11.8. The van der Waals surface area contributed by atoms with Crippen molar-refractivity contribution in [2.75, 3.05) is 20.2 Å². The summed E-state index contributed by atoms with van der Waals surface area (Å²) < 4.78 is 9.98. The maximum Gasteiger partial charge on any atom is 0.410 e. The fourth-order valence-electron chi connectivity index (χ4n) is 1.90. The maximum atomic E-state index is 11.8. The Labute approximate surface area is 102 Å². The summed E-state index contributed by atoms with van der Waals surface area (Å²) in [5.74, 6) is -0.397. The molecule has 5 nitrogen and oxygen atoms in total. The zero-order valence-corrected chi connectivity index (χ0v) is 11.1. The molecule has 98 valence electrons. The molecule has 1 saturated heterocycles. The Morgan fingerprint density at radius 3 is 2.29 bits per heavy atom. The van der Waals surface area contributed by atoms with Gasteiger partial charge in [-0.1, -0.05) is 6.92 Å². The zero-order chi connectivity index (χ0) is 13.2. The van der Waals surface area contributed by atoms with E-state index in [-0.39, 0.29) is 23.9 Å². The van der Waals surface area contributed by atoms with Gasteiger partial charge in [-0.05, 0) is 26.7 Å². The predicted octanol–water partition coefficient (Wildman–Crippen LogP) is 1.66. The highest BCUT2D eigenvalue weighted by molar-refractivity contribution is 5.76. The van der Waals surface area contributed by atoms with E-state index in [2.05, 4.69) is 0 Å². The average molecular weight is 243 g/mol. The average Bonchev–Trinajstić information content (AvgIpc) is 2.57. The fourth-order valence-corrected chi connectivity index (χ4v) is 1.90. The molecule has 1 aliphatic rings. The van der Waals surface area contributed by atoms with Gasteiger partial charge >= 0.3 is 12.1 Å². The van der Waals surface area contributed by atoms with Gasteiger partial charge in [-0.15, -0.1) is 0 Å². The molecule has 0 N–H and O–H groups in total. The minimum atomic E-state index is -0.510. The first kappa shape index (κ1) is 13.8. The van der Waals surface area contributed by atoms with Crippen LogP contribution in [0.4, 0.5) is 4.79 Å². The van der Waals surface area contributed by atoms with Crippen LogP contribution in [0.1, 0.15) is 27.7 Å². The number of amides is 1. The SMILES string of the molecule is COC(=O)[C@H]1CN(C(=O)OC(C)(C)C)C[C@@H]1C. The lowest BCUT2D eigenvalue weighted by molar-refractivity contribution is -0.146. The molecule has 1 fully saturated rings. The third kappa shape index (κ3) is 3.61. The first-order chi connectivity index (χ1) is 7.74. The molecular formula is C12H21NO4. The highest BCUT2D eigenvalue weighted by atomic mass is 16.6. The quantitative estimate of drug-likeness (QED) is 0.657. The molecule has 1 heterocycles. The minimum absolute atomic E-state index is 0.106. The second kappa shape index (κ2) is 4.94. The number of carbonyl (C=O) groups is 2. The number of rotatable bonds is 1. The number of hydrogen-bond acceptors (Lipinski definition) is 4. The lowest BCUT2D eigenvalue weighted by Gasteiger charge is -2.24. The van der Waals surface area contributed by atoms with Crippen LogP contribution in [0.25, 0.3) is 0 Å². The normalized spacial score (nSPS) is 24.6. The molecule has 0 aromatic rings. The number of ether oxygens (including phenoxy) is 2. The molecule has 0 bridgehead atoms. The Kier molecular flexibility index (Phi) is 4.01. The van der Waals surface area contributed by atoms with Crippen molar-refractivity contribution in [3.05, 3.63) is 0 Å². The molecular weight excluding hydrogens is 222 g/mol. The van der Waals surface area contributed by atoms with Crippen molar-refractivity contribution in [3.8, 4) is 0 Å². The van der Waals surface area contributed by atoms with Gasteiger partial charge in [-0.25, -0.2) is 4.79 Å². The largest absolute Gasteiger partial charge is 0.469 e. The van der Waals surface area contributed by atoms with E-state index >= 15 is 0 Å². The molecule has 0 radical (unpaired) electrons. The standard InChI is InChI=1S/C12H21NO4/c1-8-6-13(7-9(8)10(14)16-5)11(15)17-12(2,3)4/h8-9H,6-7H2,1-5H3/t8-,9-/m0/s1. The van der Waals surface area contributed by atoms with Crippen molar-refractivity contribution >= 4 is 12.1 Å². The molecule has 17 heavy (non-hydrogen) atoms. The van der Waals surface area contributed by atoms with E-state index in [1.807, 2.05) is 27.7 Å². The number of esters is 1. The lowest BCUT2D eigenvalue weighted by atomic mass is 9.99. The highest BCUT2D eigenvalue weighted by Gasteiger charge is 2.39. The first-order valence-corrected chi connectivity index (χ1v) is 5.80. The molecule has 0 aromatic heterocycles. The van der Waals surface area contributed by atoms with Crippen LogP contribution < -0.4 is 0 Å². The first-order valence-electron chi connectivity index (χ1n) is 5.80. The van der Waals surface area contributed by atoms with Gasteiger partial charge in [-0.3, -0.25) is 4.79 Å². The molecule has 0 aromatic carbocycles. The van der Waals surface area contributed by atoms with E-state index in [0.717, 1.165) is 0 Å². The number of likely N-dealkylation sites (tertiary alicyclic amines) is 1. The van der Waals surface area contributed by atoms with Crippen molar-refractivity contribution in [1.82, 2.24) is 4.90 Å². The minimum Gasteiger partial charge on any atom is -0.469 e. The van der Waals surface area contributed by atoms with Gasteiger partial charge in [0.15, 0.2) is 0 Å². The van der Waals surface area contributed by atoms with Gasteiger partial charge < -0.3 is 14.4 Å². The van der Waals surface area contributed by atoms with Gasteiger partial charge in [0.1, 0.15) is 5.60 Å². The number of carbonyl (C=O) groups excluding carboxylic acids is 2. The van der Waals surface area contributed by atoms with Crippen LogP contribution in [0.15, 0.2) is 0 Å². The molecule has 2 atom stereocenters. The monoisotopic (exact) mass is 243 g/mol. The van der Waals surface area contributed by atoms with E-state index in [0.29, 0.717) is 13.1 Å². The lowest BCUT2D eigenvalue weighted by Crippen LogP contribution is -2.36. The van der Waals surface area contributed by atoms with Gasteiger partial charge in [0.2, 0.25) is 0 Å². The van der Waals surface area contributed by atoms with E-state index in [1.165, 1.54) is 7.11 Å². The van der Waals surface area contributed by atoms with E-state index in [9.17, 15) is 9.59 Å². The van der Waals surface area contributed by atoms with E-state index in [1.54, 1.807) is 4.90 Å². The fraction of sp³-hybridized carbons (Fsp3) is 0.833. The van der Waals surface area contributed by atoms with Gasteiger partial charge in [0.05, 0.1) is 13.0 Å². The van der Waals surface area contributed by atoms with Crippen LogP contribution in [0.5, 0.6) is 0 Å². The van der Waals surface area contributed by atoms with Crippen LogP contribution in [0, 0.1) is 11.8 Å². The molecule has 5 heteroatoms. The summed E-state index contributed by atoms with van der Waals surface area (Å²) in [5, 5.41) is 0. The number of hydrogen-bond donors (Lipinski definition) is 0. The second-order valence-corrected chi connectivity index (χ2v) is 5.49. The Morgan fingerprint density at radius 1 is 1.24 bits per heavy atom. The Balaban J connectivity index is 2.60. The Morgan fingerprint density at radius 2 is 1.82 bits per heavy atom. The summed E-state index contributed by atoms with van der Waals surface area (Å²) in [5.41, 5.74) is -0.510. The van der Waals surface area contributed by atoms with Gasteiger partial charge in [0.25, 0.3) is 0 Å². The Bertz CT molecular complexity index is 308. The summed E-state index contributed by atoms with van der Waals surface area (Å²) in [6.07, 6.45) is -0.365. The predicted molar refractivity (Wildman–Crippen MR) is 62.5 cm³/mol. The van der Waals surface area contributed by atoms with Crippen LogP contribution >= 0.6 is 0 Å². The second-order valence-electron chi connectivity index (χ2n) is 5.49. The van der Waals surface area contributed by atoms with Crippen LogP contribution in [-0.4, -0.2) is 42.8 Å². The van der Waals surface area contributed by atoms with Crippen LogP contribution in [0.2, 0.25) is 0 Å². The molecule has 1 amide bonds. The van der Waals surface area contributed by atoms with Crippen molar-refractivity contribution in [2.45, 2.75) is 33.3 Å². The zero-order valence-electron chi connectivity index (χ0n) is 11.1. The summed E-state index contributed by atoms with van der Waals surface area (Å²) in [6, 6.07) is 0. The topological polar surface area (TPSA) is 55.8 Å². The highest BCUT2D eigenvalue weighted by Crippen LogP contribution is 2.25. The summed E-state index contributed by atoms with van der Waals surface area (Å²) in [6.45, 7) is 8.32. The van der Waals surface area contributed by atoms with Crippen molar-refractivity contribution in [1.29, 1.82) is 0 Å². The molecule has 0 unspecified atom stereocenters. The molecule has 1 rings (SSSR count). The van der Waals surface area contributed by atoms with Crippen LogP contribution in [-0.2, 0) is 14.3 Å². The number of nitrogens with zero attached hydrogens (tertiary/aromatic N) is 1. The summed E-state index contributed by atoms with van der Waals surface area (Å²) >= 11 is 0. The Hall–Kier alpha value is -1.26. The summed E-state index contributed by atoms with van der Waals surface area (Å²) in [4.78, 5) is 24.9. The van der Waals surface area contributed by atoms with Crippen LogP contribution in [0.3, 0.4) is 0 Å². The third-order valence-corrected chi connectivity index (χ3v) is 2.77. The third-order valence-electron chi connectivity index (χ3n) is 2.77. The van der Waals surface area contributed by atoms with Crippen molar-refractivity contribution < 1.29 is 19.1 Å². The van der Waals surface area contributed by atoms with Gasteiger partial charge in [0, 0.05) is 13.1 Å². The molecule has 1 aliphatic heterocycles. The number of methoxy groups -OCH3 is 1.